The Bertz CT molecular complexity index is 661. The number of nitrogens with zero attached hydrogens (tertiary/aromatic N) is 1. The Labute approximate surface area is 149 Å². The molecular weight excluding hydrogens is 318 g/mol. The first-order valence-electron chi connectivity index (χ1n) is 8.49. The highest BCUT2D eigenvalue weighted by molar-refractivity contribution is 6.07. The Kier molecular flexibility index (Phi) is 7.48. The fourth-order valence-corrected chi connectivity index (χ4v) is 2.10. The zero-order valence-electron chi connectivity index (χ0n) is 15.9. The largest absolute Gasteiger partial charge is 0.505 e. The fourth-order valence-electron chi connectivity index (χ4n) is 2.10. The monoisotopic (exact) mass is 347 g/mol. The molecule has 1 aromatic carbocycles. The summed E-state index contributed by atoms with van der Waals surface area (Å²) in [6, 6.07) is 4.84. The quantitative estimate of drug-likeness (QED) is 0.714. The van der Waals surface area contributed by atoms with Gasteiger partial charge in [0.2, 0.25) is 0 Å². The van der Waals surface area contributed by atoms with Crippen LogP contribution in [0.3, 0.4) is 0 Å². The molecule has 138 valence electrons. The Morgan fingerprint density at radius 3 is 2.36 bits per heavy atom. The van der Waals surface area contributed by atoms with Crippen molar-refractivity contribution in [2.75, 3.05) is 26.0 Å². The number of amides is 1. The molecule has 3 N–H and O–H groups in total. The van der Waals surface area contributed by atoms with Crippen LogP contribution in [0.2, 0.25) is 0 Å². The van der Waals surface area contributed by atoms with Gasteiger partial charge in [0.1, 0.15) is 5.70 Å². The zero-order chi connectivity index (χ0) is 19.1. The molecule has 1 aromatic rings. The number of allylic oxidation sites excluding steroid dienone is 2. The van der Waals surface area contributed by atoms with Gasteiger partial charge in [-0.25, -0.2) is 0 Å². The molecule has 0 aromatic heterocycles. The smallest absolute Gasteiger partial charge is 0.257 e. The van der Waals surface area contributed by atoms with E-state index in [1.807, 2.05) is 6.92 Å². The normalized spacial score (nSPS) is 13.0. The van der Waals surface area contributed by atoms with Crippen molar-refractivity contribution in [2.45, 2.75) is 34.1 Å². The van der Waals surface area contributed by atoms with Crippen LogP contribution in [0.4, 0.5) is 5.69 Å². The molecule has 1 aliphatic carbocycles. The van der Waals surface area contributed by atoms with Crippen molar-refractivity contribution in [3.63, 3.8) is 0 Å². The van der Waals surface area contributed by atoms with E-state index >= 15 is 0 Å². The highest BCUT2D eigenvalue weighted by Crippen LogP contribution is 2.32. The van der Waals surface area contributed by atoms with Gasteiger partial charge in [0.15, 0.2) is 11.5 Å². The summed E-state index contributed by atoms with van der Waals surface area (Å²) in [7, 11) is 3.23. The van der Waals surface area contributed by atoms with E-state index < -0.39 is 0 Å². The first-order valence-corrected chi connectivity index (χ1v) is 8.49. The Balaban J connectivity index is 0.000000705. The molecule has 6 heteroatoms. The number of aromatic hydroxyl groups is 1. The third-order valence-electron chi connectivity index (χ3n) is 3.24. The van der Waals surface area contributed by atoms with Gasteiger partial charge >= 0.3 is 0 Å². The van der Waals surface area contributed by atoms with E-state index in [1.165, 1.54) is 4.90 Å². The number of hydrogen-bond donors (Lipinski definition) is 3. The van der Waals surface area contributed by atoms with Gasteiger partial charge in [-0.05, 0) is 25.0 Å². The zero-order valence-corrected chi connectivity index (χ0v) is 15.9. The maximum atomic E-state index is 12.0. The third kappa shape index (κ3) is 5.52. The van der Waals surface area contributed by atoms with E-state index in [0.29, 0.717) is 17.8 Å². The summed E-state index contributed by atoms with van der Waals surface area (Å²) in [5, 5.41) is 16.2. The van der Waals surface area contributed by atoms with E-state index in [9.17, 15) is 14.7 Å². The van der Waals surface area contributed by atoms with Crippen LogP contribution in [0.25, 0.3) is 0 Å². The maximum Gasteiger partial charge on any atom is 0.257 e. The number of carbonyl (C=O) groups is 2. The van der Waals surface area contributed by atoms with Crippen molar-refractivity contribution in [2.24, 2.45) is 5.92 Å². The molecule has 0 heterocycles. The molecule has 0 saturated heterocycles. The van der Waals surface area contributed by atoms with Crippen LogP contribution in [0.15, 0.2) is 29.6 Å². The highest BCUT2D eigenvalue weighted by atomic mass is 16.3. The Hall–Kier alpha value is -2.50. The second-order valence-electron chi connectivity index (χ2n) is 6.74. The highest BCUT2D eigenvalue weighted by Gasteiger charge is 2.28. The second kappa shape index (κ2) is 9.11. The molecule has 0 spiro atoms. The molecule has 0 atom stereocenters. The van der Waals surface area contributed by atoms with Crippen LogP contribution in [-0.2, 0) is 4.79 Å². The van der Waals surface area contributed by atoms with E-state index in [2.05, 4.69) is 31.4 Å². The minimum atomic E-state index is -0.294. The number of phenols is 1. The molecule has 0 aliphatic heterocycles. The second-order valence-corrected chi connectivity index (χ2v) is 6.74. The first kappa shape index (κ1) is 20.5. The Morgan fingerprint density at radius 1 is 1.28 bits per heavy atom. The lowest BCUT2D eigenvalue weighted by Crippen LogP contribution is -2.32. The van der Waals surface area contributed by atoms with E-state index in [0.717, 1.165) is 18.2 Å². The number of anilines is 1. The molecule has 0 bridgehead atoms. The van der Waals surface area contributed by atoms with Crippen molar-refractivity contribution in [1.29, 1.82) is 0 Å². The van der Waals surface area contributed by atoms with Crippen LogP contribution < -0.4 is 10.6 Å². The lowest BCUT2D eigenvalue weighted by atomic mass is 9.98. The van der Waals surface area contributed by atoms with Crippen molar-refractivity contribution in [1.82, 2.24) is 10.2 Å². The van der Waals surface area contributed by atoms with Crippen molar-refractivity contribution < 1.29 is 14.7 Å². The summed E-state index contributed by atoms with van der Waals surface area (Å²) < 4.78 is 0. The average molecular weight is 347 g/mol. The predicted octanol–water partition coefficient (Wildman–Crippen LogP) is 2.96. The summed E-state index contributed by atoms with van der Waals surface area (Å²) in [5.74, 6) is 0.367. The minimum absolute atomic E-state index is 0.0188. The molecular formula is C19H29N3O3. The minimum Gasteiger partial charge on any atom is -0.505 e. The summed E-state index contributed by atoms with van der Waals surface area (Å²) in [4.78, 5) is 25.0. The van der Waals surface area contributed by atoms with Crippen molar-refractivity contribution in [3.8, 4) is 5.75 Å². The van der Waals surface area contributed by atoms with Gasteiger partial charge in [0.05, 0.1) is 17.7 Å². The van der Waals surface area contributed by atoms with E-state index in [4.69, 9.17) is 0 Å². The molecule has 0 radical (unpaired) electrons. The molecule has 0 unspecified atom stereocenters. The maximum absolute atomic E-state index is 12.0. The first-order chi connectivity index (χ1) is 11.7. The van der Waals surface area contributed by atoms with Crippen LogP contribution in [0.5, 0.6) is 5.75 Å². The summed E-state index contributed by atoms with van der Waals surface area (Å²) in [6.45, 7) is 9.17. The predicted molar refractivity (Wildman–Crippen MR) is 101 cm³/mol. The number of benzene rings is 1. The van der Waals surface area contributed by atoms with E-state index in [-0.39, 0.29) is 23.0 Å². The lowest BCUT2D eigenvalue weighted by Gasteiger charge is -2.25. The Morgan fingerprint density at radius 2 is 1.88 bits per heavy atom. The number of Topliss-reactive ketones (excluding diaryl/α,β-unsaturated/α-hetero) is 1. The number of hydrogen-bond acceptors (Lipinski definition) is 5. The van der Waals surface area contributed by atoms with Crippen LogP contribution in [0.1, 0.15) is 44.5 Å². The van der Waals surface area contributed by atoms with E-state index in [1.54, 1.807) is 32.3 Å². The lowest BCUT2D eigenvalue weighted by molar-refractivity contribution is -0.116. The third-order valence-corrected chi connectivity index (χ3v) is 3.24. The molecule has 25 heavy (non-hydrogen) atoms. The van der Waals surface area contributed by atoms with Gasteiger partial charge in [0, 0.05) is 26.3 Å². The SMILES string of the molecule is CC(C)C.CCNC1=C(Nc2cccc(C(=O)N(C)C)c2O)C(=O)C1. The van der Waals surface area contributed by atoms with Gasteiger partial charge in [0.25, 0.3) is 5.91 Å². The fraction of sp³-hybridized carbons (Fsp3) is 0.474. The summed E-state index contributed by atoms with van der Waals surface area (Å²) in [6.07, 6.45) is 0.368. The molecule has 0 saturated carbocycles. The number of carbonyl (C=O) groups excluding carboxylic acids is 2. The molecule has 1 aliphatic rings. The molecule has 2 rings (SSSR count). The summed E-state index contributed by atoms with van der Waals surface area (Å²) in [5.41, 5.74) is 1.82. The van der Waals surface area contributed by atoms with Gasteiger partial charge in [-0.15, -0.1) is 0 Å². The standard InChI is InChI=1S/C15H19N3O3.C4H10/c1-4-16-11-8-12(19)13(11)17-10-7-5-6-9(14(10)20)15(21)18(2)3;1-4(2)3/h5-7,16-17,20H,4,8H2,1-3H3;4H,1-3H3. The number of phenolic OH excluding ortho intramolecular Hbond substituents is 1. The molecule has 6 nitrogen and oxygen atoms in total. The molecule has 1 amide bonds. The summed E-state index contributed by atoms with van der Waals surface area (Å²) >= 11 is 0. The van der Waals surface area contributed by atoms with Crippen LogP contribution in [0, 0.1) is 5.92 Å². The van der Waals surface area contributed by atoms with Gasteiger partial charge in [-0.2, -0.15) is 0 Å². The van der Waals surface area contributed by atoms with Gasteiger partial charge < -0.3 is 20.6 Å². The van der Waals surface area contributed by atoms with Crippen LogP contribution in [-0.4, -0.2) is 42.3 Å². The van der Waals surface area contributed by atoms with Gasteiger partial charge in [-0.3, -0.25) is 9.59 Å². The van der Waals surface area contributed by atoms with Crippen LogP contribution >= 0.6 is 0 Å². The number of para-hydroxylation sites is 1. The molecule has 0 fully saturated rings. The topological polar surface area (TPSA) is 81.7 Å². The average Bonchev–Trinajstić information content (AvgIpc) is 2.52. The van der Waals surface area contributed by atoms with Gasteiger partial charge in [-0.1, -0.05) is 26.8 Å². The number of rotatable bonds is 5. The number of ketones is 1. The number of nitrogens with one attached hydrogen (secondary N) is 2. The van der Waals surface area contributed by atoms with Crippen molar-refractivity contribution in [3.05, 3.63) is 35.2 Å². The van der Waals surface area contributed by atoms with Crippen molar-refractivity contribution >= 4 is 17.4 Å².